The maximum absolute atomic E-state index is 11.1. The largest absolute Gasteiger partial charge is 0.295 e. The maximum Gasteiger partial charge on any atom is 0.158 e. The molecule has 1 heteroatoms. The highest BCUT2D eigenvalue weighted by Crippen LogP contribution is 2.26. The highest BCUT2D eigenvalue weighted by Gasteiger charge is 2.22. The Morgan fingerprint density at radius 2 is 2.18 bits per heavy atom. The second-order valence-corrected chi connectivity index (χ2v) is 3.81. The predicted octanol–water partition coefficient (Wildman–Crippen LogP) is 2.42. The summed E-state index contributed by atoms with van der Waals surface area (Å²) >= 11 is 0. The molecule has 62 valence electrons. The topological polar surface area (TPSA) is 17.1 Å². The Morgan fingerprint density at radius 3 is 2.64 bits per heavy atom. The van der Waals surface area contributed by atoms with E-state index in [0.29, 0.717) is 17.6 Å². The molecule has 0 aromatic heterocycles. The molecule has 0 aromatic carbocycles. The Hall–Kier alpha value is -0.590. The van der Waals surface area contributed by atoms with Gasteiger partial charge in [0.2, 0.25) is 0 Å². The lowest BCUT2D eigenvalue weighted by molar-refractivity contribution is -0.118. The molecule has 1 aliphatic rings. The molecule has 0 fully saturated rings. The number of ketones is 1. The van der Waals surface area contributed by atoms with E-state index in [0.717, 1.165) is 6.42 Å². The van der Waals surface area contributed by atoms with Gasteiger partial charge in [0.05, 0.1) is 0 Å². The molecule has 0 N–H and O–H groups in total. The third kappa shape index (κ3) is 1.92. The van der Waals surface area contributed by atoms with Crippen molar-refractivity contribution in [2.75, 3.05) is 0 Å². The summed E-state index contributed by atoms with van der Waals surface area (Å²) in [5, 5.41) is 0. The molecule has 0 aromatic rings. The molecule has 2 atom stereocenters. The minimum Gasteiger partial charge on any atom is -0.295 e. The Bertz CT molecular complexity index is 179. The Kier molecular flexibility index (Phi) is 2.48. The first kappa shape index (κ1) is 8.51. The summed E-state index contributed by atoms with van der Waals surface area (Å²) in [6, 6.07) is 0. The van der Waals surface area contributed by atoms with Crippen LogP contribution in [-0.2, 0) is 4.79 Å². The van der Waals surface area contributed by atoms with Gasteiger partial charge < -0.3 is 0 Å². The van der Waals surface area contributed by atoms with Crippen molar-refractivity contribution in [2.45, 2.75) is 27.2 Å². The van der Waals surface area contributed by atoms with Gasteiger partial charge in [0, 0.05) is 5.92 Å². The van der Waals surface area contributed by atoms with Gasteiger partial charge in [-0.15, -0.1) is 0 Å². The molecule has 1 nitrogen and oxygen atoms in total. The van der Waals surface area contributed by atoms with Crippen molar-refractivity contribution in [1.82, 2.24) is 0 Å². The lowest BCUT2D eigenvalue weighted by Crippen LogP contribution is -2.20. The van der Waals surface area contributed by atoms with E-state index < -0.39 is 0 Å². The van der Waals surface area contributed by atoms with Gasteiger partial charge in [0.15, 0.2) is 5.78 Å². The van der Waals surface area contributed by atoms with Gasteiger partial charge in [0.1, 0.15) is 0 Å². The summed E-state index contributed by atoms with van der Waals surface area (Å²) < 4.78 is 0. The van der Waals surface area contributed by atoms with Crippen LogP contribution in [0.5, 0.6) is 0 Å². The number of carbonyl (C=O) groups is 1. The smallest absolute Gasteiger partial charge is 0.158 e. The summed E-state index contributed by atoms with van der Waals surface area (Å²) in [4.78, 5) is 11.1. The molecular formula is C10H16O. The first-order valence-electron chi connectivity index (χ1n) is 4.33. The van der Waals surface area contributed by atoms with E-state index in [1.54, 1.807) is 6.08 Å². The quantitative estimate of drug-likeness (QED) is 0.564. The average molecular weight is 152 g/mol. The van der Waals surface area contributed by atoms with Crippen molar-refractivity contribution in [2.24, 2.45) is 17.8 Å². The van der Waals surface area contributed by atoms with Gasteiger partial charge in [-0.3, -0.25) is 4.79 Å². The molecule has 1 aliphatic carbocycles. The molecule has 0 unspecified atom stereocenters. The van der Waals surface area contributed by atoms with E-state index in [4.69, 9.17) is 0 Å². The highest BCUT2D eigenvalue weighted by atomic mass is 16.1. The third-order valence-electron chi connectivity index (χ3n) is 2.48. The fourth-order valence-corrected chi connectivity index (χ4v) is 1.48. The van der Waals surface area contributed by atoms with Crippen LogP contribution in [0.2, 0.25) is 0 Å². The Balaban J connectivity index is 2.63. The Labute approximate surface area is 68.5 Å². The number of carbonyl (C=O) groups excluding carboxylic acids is 1. The van der Waals surface area contributed by atoms with E-state index in [2.05, 4.69) is 19.9 Å². The maximum atomic E-state index is 11.1. The normalized spacial score (nSPS) is 31.5. The van der Waals surface area contributed by atoms with Crippen LogP contribution in [0.1, 0.15) is 27.2 Å². The zero-order valence-electron chi connectivity index (χ0n) is 7.50. The van der Waals surface area contributed by atoms with Gasteiger partial charge in [-0.05, 0) is 24.3 Å². The number of hydrogen-bond acceptors (Lipinski definition) is 1. The third-order valence-corrected chi connectivity index (χ3v) is 2.48. The van der Waals surface area contributed by atoms with Crippen LogP contribution in [0.3, 0.4) is 0 Å². The molecule has 11 heavy (non-hydrogen) atoms. The predicted molar refractivity (Wildman–Crippen MR) is 46.3 cm³/mol. The van der Waals surface area contributed by atoms with Crippen LogP contribution in [0.25, 0.3) is 0 Å². The molecule has 0 radical (unpaired) electrons. The lowest BCUT2D eigenvalue weighted by Gasteiger charge is -2.23. The number of hydrogen-bond donors (Lipinski definition) is 0. The first-order chi connectivity index (χ1) is 5.11. The molecule has 0 amide bonds. The number of allylic oxidation sites excluding steroid dienone is 2. The average Bonchev–Trinajstić information content (AvgIpc) is 1.94. The fraction of sp³-hybridized carbons (Fsp3) is 0.700. The molecular weight excluding hydrogens is 136 g/mol. The van der Waals surface area contributed by atoms with Gasteiger partial charge >= 0.3 is 0 Å². The Morgan fingerprint density at radius 1 is 1.55 bits per heavy atom. The van der Waals surface area contributed by atoms with Crippen LogP contribution in [0.4, 0.5) is 0 Å². The van der Waals surface area contributed by atoms with Crippen LogP contribution in [-0.4, -0.2) is 5.78 Å². The highest BCUT2D eigenvalue weighted by molar-refractivity contribution is 5.92. The second-order valence-electron chi connectivity index (χ2n) is 3.81. The van der Waals surface area contributed by atoms with Crippen LogP contribution in [0, 0.1) is 17.8 Å². The zero-order valence-corrected chi connectivity index (χ0v) is 7.50. The van der Waals surface area contributed by atoms with Gasteiger partial charge in [-0.1, -0.05) is 26.8 Å². The van der Waals surface area contributed by atoms with Crippen molar-refractivity contribution in [3.8, 4) is 0 Å². The van der Waals surface area contributed by atoms with Crippen LogP contribution >= 0.6 is 0 Å². The summed E-state index contributed by atoms with van der Waals surface area (Å²) in [7, 11) is 0. The van der Waals surface area contributed by atoms with E-state index in [1.807, 2.05) is 6.92 Å². The van der Waals surface area contributed by atoms with Gasteiger partial charge in [-0.2, -0.15) is 0 Å². The van der Waals surface area contributed by atoms with Gasteiger partial charge in [0.25, 0.3) is 0 Å². The second kappa shape index (κ2) is 3.21. The fourth-order valence-electron chi connectivity index (χ4n) is 1.48. The van der Waals surface area contributed by atoms with Crippen molar-refractivity contribution in [3.63, 3.8) is 0 Å². The first-order valence-corrected chi connectivity index (χ1v) is 4.33. The molecule has 0 aliphatic heterocycles. The van der Waals surface area contributed by atoms with E-state index in [9.17, 15) is 4.79 Å². The van der Waals surface area contributed by atoms with Gasteiger partial charge in [-0.25, -0.2) is 0 Å². The van der Waals surface area contributed by atoms with E-state index in [-0.39, 0.29) is 5.92 Å². The molecule has 1 rings (SSSR count). The summed E-state index contributed by atoms with van der Waals surface area (Å²) in [5.41, 5.74) is 0. The zero-order chi connectivity index (χ0) is 8.43. The van der Waals surface area contributed by atoms with Crippen molar-refractivity contribution < 1.29 is 4.79 Å². The molecule has 0 heterocycles. The van der Waals surface area contributed by atoms with Crippen molar-refractivity contribution in [1.29, 1.82) is 0 Å². The van der Waals surface area contributed by atoms with Crippen LogP contribution < -0.4 is 0 Å². The monoisotopic (exact) mass is 152 g/mol. The van der Waals surface area contributed by atoms with Crippen LogP contribution in [0.15, 0.2) is 12.2 Å². The minimum atomic E-state index is 0.243. The van der Waals surface area contributed by atoms with Crippen molar-refractivity contribution in [3.05, 3.63) is 12.2 Å². The standard InChI is InChI=1S/C10H16O/c1-7(2)9-4-5-10(11)8(3)6-9/h4-5,7-9H,6H2,1-3H3/t8-,9+/m0/s1. The summed E-state index contributed by atoms with van der Waals surface area (Å²) in [6.45, 7) is 6.43. The molecule has 0 saturated heterocycles. The van der Waals surface area contributed by atoms with E-state index >= 15 is 0 Å². The summed E-state index contributed by atoms with van der Waals surface area (Å²) in [6.07, 6.45) is 4.85. The molecule has 0 bridgehead atoms. The molecule has 0 saturated carbocycles. The number of rotatable bonds is 1. The lowest BCUT2D eigenvalue weighted by atomic mass is 9.81. The SMILES string of the molecule is CC(C)[C@@H]1C=CC(=O)[C@@H](C)C1. The van der Waals surface area contributed by atoms with Crippen molar-refractivity contribution >= 4 is 5.78 Å². The minimum absolute atomic E-state index is 0.243. The van der Waals surface area contributed by atoms with E-state index in [1.165, 1.54) is 0 Å². The summed E-state index contributed by atoms with van der Waals surface area (Å²) in [5.74, 6) is 1.82. The molecule has 0 spiro atoms.